The molecule has 26 heavy (non-hydrogen) atoms. The normalized spacial score (nSPS) is 17.7. The van der Waals surface area contributed by atoms with E-state index in [0.29, 0.717) is 30.1 Å². The first kappa shape index (κ1) is 20.4. The van der Waals surface area contributed by atoms with Crippen LogP contribution in [0.3, 0.4) is 0 Å². The molecule has 7 nitrogen and oxygen atoms in total. The maximum atomic E-state index is 13.1. The van der Waals surface area contributed by atoms with Crippen LogP contribution < -0.4 is 5.73 Å². The number of primary amides is 1. The van der Waals surface area contributed by atoms with Gasteiger partial charge in [0.1, 0.15) is 0 Å². The lowest BCUT2D eigenvalue weighted by atomic mass is 10.0. The molecule has 1 aromatic rings. The van der Waals surface area contributed by atoms with Crippen LogP contribution in [0.1, 0.15) is 48.2 Å². The lowest BCUT2D eigenvalue weighted by Gasteiger charge is -2.30. The minimum Gasteiger partial charge on any atom is -0.449 e. The zero-order valence-electron chi connectivity index (χ0n) is 15.6. The average Bonchev–Trinajstić information content (AvgIpc) is 2.57. The minimum atomic E-state index is -3.71. The lowest BCUT2D eigenvalue weighted by molar-refractivity contribution is -0.125. The number of esters is 1. The monoisotopic (exact) mass is 382 g/mol. The highest BCUT2D eigenvalue weighted by molar-refractivity contribution is 7.89. The number of piperidine rings is 1. The van der Waals surface area contributed by atoms with Crippen molar-refractivity contribution in [3.05, 3.63) is 28.8 Å². The first-order chi connectivity index (χ1) is 12.0. The molecular weight excluding hydrogens is 356 g/mol. The van der Waals surface area contributed by atoms with Crippen LogP contribution in [0.25, 0.3) is 0 Å². The topological polar surface area (TPSA) is 107 Å². The van der Waals surface area contributed by atoms with Crippen molar-refractivity contribution >= 4 is 21.9 Å². The van der Waals surface area contributed by atoms with E-state index in [-0.39, 0.29) is 10.5 Å². The van der Waals surface area contributed by atoms with Crippen LogP contribution in [0.4, 0.5) is 0 Å². The molecule has 0 aromatic heterocycles. The molecule has 1 aliphatic rings. The van der Waals surface area contributed by atoms with E-state index in [4.69, 9.17) is 10.5 Å². The lowest BCUT2D eigenvalue weighted by Crippen LogP contribution is -2.38. The van der Waals surface area contributed by atoms with Crippen molar-refractivity contribution < 1.29 is 22.7 Å². The molecule has 1 heterocycles. The average molecular weight is 382 g/mol. The highest BCUT2D eigenvalue weighted by atomic mass is 32.2. The largest absolute Gasteiger partial charge is 0.449 e. The van der Waals surface area contributed by atoms with Crippen molar-refractivity contribution in [3.8, 4) is 0 Å². The number of ether oxygens (including phenoxy) is 1. The number of nitrogens with zero attached hydrogens (tertiary/aromatic N) is 1. The summed E-state index contributed by atoms with van der Waals surface area (Å²) in [6.45, 7) is 7.87. The third-order valence-corrected chi connectivity index (χ3v) is 6.93. The quantitative estimate of drug-likeness (QED) is 0.781. The molecule has 8 heteroatoms. The van der Waals surface area contributed by atoms with Crippen LogP contribution in [0.15, 0.2) is 17.0 Å². The molecule has 0 spiro atoms. The molecule has 2 N–H and O–H groups in total. The number of hydrogen-bond acceptors (Lipinski definition) is 5. The van der Waals surface area contributed by atoms with Gasteiger partial charge in [0.05, 0.1) is 10.5 Å². The van der Waals surface area contributed by atoms with Gasteiger partial charge in [-0.05, 0) is 62.8 Å². The molecular formula is C18H26N2O5S. The predicted octanol–water partition coefficient (Wildman–Crippen LogP) is 1.75. The molecule has 1 amide bonds. The number of amides is 1. The van der Waals surface area contributed by atoms with Crippen molar-refractivity contribution in [2.24, 2.45) is 11.7 Å². The van der Waals surface area contributed by atoms with Crippen molar-refractivity contribution in [2.75, 3.05) is 13.1 Å². The molecule has 1 atom stereocenters. The molecule has 0 saturated carbocycles. The zero-order valence-corrected chi connectivity index (χ0v) is 16.4. The highest BCUT2D eigenvalue weighted by Gasteiger charge is 2.31. The summed E-state index contributed by atoms with van der Waals surface area (Å²) in [7, 11) is -3.71. The summed E-state index contributed by atoms with van der Waals surface area (Å²) >= 11 is 0. The number of hydrogen-bond donors (Lipinski definition) is 1. The number of sulfonamides is 1. The molecule has 0 radical (unpaired) electrons. The molecule has 0 aliphatic carbocycles. The molecule has 0 unspecified atom stereocenters. The van der Waals surface area contributed by atoms with E-state index in [1.165, 1.54) is 17.3 Å². The van der Waals surface area contributed by atoms with E-state index in [1.807, 2.05) is 0 Å². The molecule has 0 bridgehead atoms. The fourth-order valence-corrected chi connectivity index (χ4v) is 4.66. The zero-order chi connectivity index (χ0) is 19.6. The summed E-state index contributed by atoms with van der Waals surface area (Å²) in [5, 5.41) is 0. The van der Waals surface area contributed by atoms with Gasteiger partial charge in [-0.3, -0.25) is 4.79 Å². The Morgan fingerprint density at radius 1 is 1.23 bits per heavy atom. The van der Waals surface area contributed by atoms with Crippen molar-refractivity contribution in [1.82, 2.24) is 4.31 Å². The highest BCUT2D eigenvalue weighted by Crippen LogP contribution is 2.28. The summed E-state index contributed by atoms with van der Waals surface area (Å²) in [5.74, 6) is -1.04. The second kappa shape index (κ2) is 7.75. The molecule has 144 valence electrons. The van der Waals surface area contributed by atoms with E-state index in [2.05, 4.69) is 6.92 Å². The number of carbonyl (C=O) groups excluding carboxylic acids is 2. The third-order valence-electron chi connectivity index (χ3n) is 4.90. The van der Waals surface area contributed by atoms with E-state index in [0.717, 1.165) is 12.8 Å². The number of benzene rings is 1. The van der Waals surface area contributed by atoms with Gasteiger partial charge in [0, 0.05) is 13.1 Å². The van der Waals surface area contributed by atoms with Gasteiger partial charge in [-0.15, -0.1) is 0 Å². The summed E-state index contributed by atoms with van der Waals surface area (Å²) in [4.78, 5) is 23.5. The van der Waals surface area contributed by atoms with Gasteiger partial charge < -0.3 is 10.5 Å². The Kier molecular flexibility index (Phi) is 6.08. The number of aryl methyl sites for hydroxylation is 1. The second-order valence-electron chi connectivity index (χ2n) is 6.95. The third kappa shape index (κ3) is 4.24. The maximum absolute atomic E-state index is 13.1. The van der Waals surface area contributed by atoms with E-state index < -0.39 is 28.0 Å². The van der Waals surface area contributed by atoms with Gasteiger partial charge in [0.15, 0.2) is 6.10 Å². The van der Waals surface area contributed by atoms with Gasteiger partial charge >= 0.3 is 5.97 Å². The fraction of sp³-hybridized carbons (Fsp3) is 0.556. The Bertz CT molecular complexity index is 811. The van der Waals surface area contributed by atoms with Gasteiger partial charge in [-0.2, -0.15) is 4.31 Å². The van der Waals surface area contributed by atoms with Crippen LogP contribution in [0, 0.1) is 19.8 Å². The summed E-state index contributed by atoms with van der Waals surface area (Å²) in [5.41, 5.74) is 6.46. The van der Waals surface area contributed by atoms with Crippen LogP contribution in [-0.2, 0) is 19.6 Å². The molecule has 1 saturated heterocycles. The Morgan fingerprint density at radius 3 is 2.35 bits per heavy atom. The molecule has 1 aromatic carbocycles. The Balaban J connectivity index is 2.38. The van der Waals surface area contributed by atoms with Crippen LogP contribution in [0.5, 0.6) is 0 Å². The standard InChI is InChI=1S/C18H26N2O5S/c1-11-5-7-20(8-6-11)26(23,24)16-10-15(9-12(2)13(16)3)18(22)25-14(4)17(19)21/h9-11,14H,5-8H2,1-4H3,(H2,19,21)/t14-/m0/s1. The SMILES string of the molecule is Cc1cc(C(=O)O[C@@H](C)C(N)=O)cc(S(=O)(=O)N2CCC(C)CC2)c1C. The Hall–Kier alpha value is -1.93. The van der Waals surface area contributed by atoms with Crippen LogP contribution in [0.2, 0.25) is 0 Å². The van der Waals surface area contributed by atoms with E-state index in [1.54, 1.807) is 19.9 Å². The fourth-order valence-electron chi connectivity index (χ4n) is 2.86. The molecule has 1 fully saturated rings. The van der Waals surface area contributed by atoms with Gasteiger partial charge in [0.2, 0.25) is 10.0 Å². The van der Waals surface area contributed by atoms with Crippen molar-refractivity contribution in [2.45, 2.75) is 51.5 Å². The molecule has 2 rings (SSSR count). The van der Waals surface area contributed by atoms with E-state index in [9.17, 15) is 18.0 Å². The Morgan fingerprint density at radius 2 is 1.81 bits per heavy atom. The van der Waals surface area contributed by atoms with Crippen LogP contribution >= 0.6 is 0 Å². The number of rotatable bonds is 5. The number of carbonyl (C=O) groups is 2. The smallest absolute Gasteiger partial charge is 0.338 e. The summed E-state index contributed by atoms with van der Waals surface area (Å²) in [6, 6.07) is 2.88. The van der Waals surface area contributed by atoms with Crippen molar-refractivity contribution in [3.63, 3.8) is 0 Å². The van der Waals surface area contributed by atoms with Crippen molar-refractivity contribution in [1.29, 1.82) is 0 Å². The Labute approximate surface area is 154 Å². The summed E-state index contributed by atoms with van der Waals surface area (Å²) < 4.78 is 32.6. The van der Waals surface area contributed by atoms with E-state index >= 15 is 0 Å². The second-order valence-corrected chi connectivity index (χ2v) is 8.86. The first-order valence-electron chi connectivity index (χ1n) is 8.65. The minimum absolute atomic E-state index is 0.0881. The summed E-state index contributed by atoms with van der Waals surface area (Å²) in [6.07, 6.45) is 0.539. The number of nitrogens with two attached hydrogens (primary N) is 1. The predicted molar refractivity (Wildman–Crippen MR) is 97.1 cm³/mol. The van der Waals surface area contributed by atoms with Crippen LogP contribution in [-0.4, -0.2) is 43.8 Å². The van der Waals surface area contributed by atoms with Gasteiger partial charge in [0.25, 0.3) is 5.91 Å². The first-order valence-corrected chi connectivity index (χ1v) is 10.1. The molecule has 1 aliphatic heterocycles. The maximum Gasteiger partial charge on any atom is 0.338 e. The van der Waals surface area contributed by atoms with Gasteiger partial charge in [-0.25, -0.2) is 13.2 Å². The van der Waals surface area contributed by atoms with Gasteiger partial charge in [-0.1, -0.05) is 6.92 Å².